The van der Waals surface area contributed by atoms with Crippen LogP contribution in [0, 0.1) is 0 Å². The highest BCUT2D eigenvalue weighted by Crippen LogP contribution is 2.26. The van der Waals surface area contributed by atoms with Gasteiger partial charge in [-0.3, -0.25) is 4.99 Å². The molecule has 0 amide bonds. The third-order valence-electron chi connectivity index (χ3n) is 5.20. The Morgan fingerprint density at radius 1 is 1.13 bits per heavy atom. The molecule has 1 saturated heterocycles. The summed E-state index contributed by atoms with van der Waals surface area (Å²) in [6.07, 6.45) is 1.88. The zero-order valence-electron chi connectivity index (χ0n) is 17.7. The second-order valence-electron chi connectivity index (χ2n) is 7.90. The molecule has 0 spiro atoms. The van der Waals surface area contributed by atoms with Crippen molar-refractivity contribution in [2.45, 2.75) is 43.5 Å². The molecule has 2 aromatic rings. The molecule has 2 N–H and O–H groups in total. The largest absolute Gasteiger partial charge is 0.356 e. The molecule has 2 heterocycles. The van der Waals surface area contributed by atoms with Gasteiger partial charge in [0.15, 0.2) is 5.96 Å². The molecule has 1 fully saturated rings. The smallest absolute Gasteiger partial charge is 0.243 e. The monoisotopic (exact) mass is 562 g/mol. The van der Waals surface area contributed by atoms with Crippen LogP contribution < -0.4 is 10.6 Å². The maximum absolute atomic E-state index is 12.6. The number of hydrogen-bond donors (Lipinski definition) is 2. The number of sulfonamides is 1. The van der Waals surface area contributed by atoms with E-state index in [1.807, 2.05) is 12.1 Å². The second kappa shape index (κ2) is 10.9. The first-order chi connectivity index (χ1) is 13.8. The number of nitrogens with zero attached hydrogens (tertiary/aromatic N) is 2. The third-order valence-corrected chi connectivity index (χ3v) is 8.34. The van der Waals surface area contributed by atoms with Gasteiger partial charge in [0.05, 0.1) is 4.90 Å². The predicted molar refractivity (Wildman–Crippen MR) is 135 cm³/mol. The van der Waals surface area contributed by atoms with Crippen LogP contribution in [0.1, 0.15) is 37.1 Å². The average molecular weight is 563 g/mol. The Kier molecular flexibility index (Phi) is 9.13. The highest BCUT2D eigenvalue weighted by Gasteiger charge is 2.27. The van der Waals surface area contributed by atoms with E-state index >= 15 is 0 Å². The zero-order chi connectivity index (χ0) is 20.9. The number of guanidine groups is 1. The van der Waals surface area contributed by atoms with E-state index in [0.717, 1.165) is 30.9 Å². The number of rotatable bonds is 7. The van der Waals surface area contributed by atoms with E-state index in [0.29, 0.717) is 24.5 Å². The summed E-state index contributed by atoms with van der Waals surface area (Å²) in [4.78, 5) is 5.99. The fourth-order valence-electron chi connectivity index (χ4n) is 3.32. The molecule has 3 rings (SSSR count). The van der Waals surface area contributed by atoms with Crippen LogP contribution in [0.2, 0.25) is 0 Å². The number of thiophene rings is 1. The van der Waals surface area contributed by atoms with Crippen molar-refractivity contribution in [1.29, 1.82) is 0 Å². The molecule has 0 saturated carbocycles. The first-order valence-electron chi connectivity index (χ1n) is 9.90. The van der Waals surface area contributed by atoms with E-state index < -0.39 is 10.0 Å². The topological polar surface area (TPSA) is 73.8 Å². The van der Waals surface area contributed by atoms with Crippen LogP contribution in [0.3, 0.4) is 0 Å². The Morgan fingerprint density at radius 2 is 1.80 bits per heavy atom. The molecule has 1 aliphatic heterocycles. The summed E-state index contributed by atoms with van der Waals surface area (Å²) in [5, 5.41) is 8.78. The zero-order valence-corrected chi connectivity index (χ0v) is 21.7. The molecule has 166 valence electrons. The van der Waals surface area contributed by atoms with Crippen LogP contribution in [0.15, 0.2) is 51.7 Å². The summed E-state index contributed by atoms with van der Waals surface area (Å²) in [6.45, 7) is 6.99. The molecule has 1 aromatic heterocycles. The first kappa shape index (κ1) is 25.1. The summed E-state index contributed by atoms with van der Waals surface area (Å²) >= 11 is 1.76. The van der Waals surface area contributed by atoms with E-state index in [4.69, 9.17) is 0 Å². The fourth-order valence-corrected chi connectivity index (χ4v) is 5.69. The van der Waals surface area contributed by atoms with Gasteiger partial charge < -0.3 is 10.6 Å². The van der Waals surface area contributed by atoms with Crippen LogP contribution in [0.4, 0.5) is 0 Å². The van der Waals surface area contributed by atoms with Gasteiger partial charge in [-0.15, -0.1) is 35.3 Å². The van der Waals surface area contributed by atoms with Gasteiger partial charge >= 0.3 is 0 Å². The molecule has 1 aromatic carbocycles. The van der Waals surface area contributed by atoms with Crippen LogP contribution in [0.5, 0.6) is 0 Å². The maximum Gasteiger partial charge on any atom is 0.243 e. The summed E-state index contributed by atoms with van der Waals surface area (Å²) in [6, 6.07) is 11.3. The standard InChI is InChI=1S/C21H30N4O2S2.HI/c1-21(2,19-7-6-14-28-19)16-24-20(22-3)23-15-17-8-10-18(11-9-17)29(26,27)25-12-4-5-13-25;/h6-11,14H,4-5,12-13,15-16H2,1-3H3,(H2,22,23,24);1H. The Hall–Kier alpha value is -1.17. The number of hydrogen-bond acceptors (Lipinski definition) is 4. The molecule has 1 aliphatic rings. The Labute approximate surface area is 201 Å². The predicted octanol–water partition coefficient (Wildman–Crippen LogP) is 3.79. The van der Waals surface area contributed by atoms with Gasteiger partial charge in [0.1, 0.15) is 0 Å². The summed E-state index contributed by atoms with van der Waals surface area (Å²) in [7, 11) is -1.61. The average Bonchev–Trinajstić information content (AvgIpc) is 3.43. The van der Waals surface area contributed by atoms with Crippen molar-refractivity contribution in [3.63, 3.8) is 0 Å². The SMILES string of the molecule is CN=C(NCc1ccc(S(=O)(=O)N2CCCC2)cc1)NCC(C)(C)c1cccs1.I. The van der Waals surface area contributed by atoms with Crippen LogP contribution in [0.25, 0.3) is 0 Å². The highest BCUT2D eigenvalue weighted by molar-refractivity contribution is 14.0. The highest BCUT2D eigenvalue weighted by atomic mass is 127. The summed E-state index contributed by atoms with van der Waals surface area (Å²) in [5.41, 5.74) is 1.02. The van der Waals surface area contributed by atoms with E-state index in [1.165, 1.54) is 4.88 Å². The second-order valence-corrected chi connectivity index (χ2v) is 10.8. The molecule has 0 radical (unpaired) electrons. The van der Waals surface area contributed by atoms with Crippen LogP contribution >= 0.6 is 35.3 Å². The van der Waals surface area contributed by atoms with Crippen molar-refractivity contribution in [3.8, 4) is 0 Å². The van der Waals surface area contributed by atoms with Crippen molar-refractivity contribution in [2.24, 2.45) is 4.99 Å². The van der Waals surface area contributed by atoms with Crippen molar-refractivity contribution in [1.82, 2.24) is 14.9 Å². The molecular formula is C21H31IN4O2S2. The molecule has 0 aliphatic carbocycles. The van der Waals surface area contributed by atoms with E-state index in [1.54, 1.807) is 34.8 Å². The quantitative estimate of drug-likeness (QED) is 0.306. The first-order valence-corrected chi connectivity index (χ1v) is 12.2. The number of halogens is 1. The molecule has 6 nitrogen and oxygen atoms in total. The number of nitrogens with one attached hydrogen (secondary N) is 2. The molecule has 0 atom stereocenters. The molecule has 0 bridgehead atoms. The van der Waals surface area contributed by atoms with Gasteiger partial charge in [-0.2, -0.15) is 4.31 Å². The Morgan fingerprint density at radius 3 is 2.37 bits per heavy atom. The lowest BCUT2D eigenvalue weighted by Gasteiger charge is -2.25. The molecule has 9 heteroatoms. The molecule has 0 unspecified atom stereocenters. The normalized spacial score (nSPS) is 15.6. The van der Waals surface area contributed by atoms with Crippen molar-refractivity contribution >= 4 is 51.3 Å². The minimum absolute atomic E-state index is 0. The lowest BCUT2D eigenvalue weighted by atomic mass is 9.91. The molecule has 30 heavy (non-hydrogen) atoms. The number of benzene rings is 1. The molecular weight excluding hydrogens is 531 g/mol. The Balaban J connectivity index is 0.00000320. The van der Waals surface area contributed by atoms with Crippen LogP contribution in [-0.2, 0) is 22.0 Å². The van der Waals surface area contributed by atoms with Crippen molar-refractivity contribution < 1.29 is 8.42 Å². The summed E-state index contributed by atoms with van der Waals surface area (Å²) < 4.78 is 26.8. The van der Waals surface area contributed by atoms with E-state index in [9.17, 15) is 8.42 Å². The lowest BCUT2D eigenvalue weighted by molar-refractivity contribution is 0.477. The van der Waals surface area contributed by atoms with Gasteiger partial charge in [0.25, 0.3) is 0 Å². The van der Waals surface area contributed by atoms with Gasteiger partial charge in [-0.05, 0) is 42.0 Å². The fraction of sp³-hybridized carbons (Fsp3) is 0.476. The minimum atomic E-state index is -3.36. The van der Waals surface area contributed by atoms with Crippen molar-refractivity contribution in [3.05, 3.63) is 52.2 Å². The maximum atomic E-state index is 12.6. The van der Waals surface area contributed by atoms with Crippen molar-refractivity contribution in [2.75, 3.05) is 26.7 Å². The minimum Gasteiger partial charge on any atom is -0.356 e. The van der Waals surface area contributed by atoms with E-state index in [-0.39, 0.29) is 29.4 Å². The third kappa shape index (κ3) is 6.18. The van der Waals surface area contributed by atoms with Gasteiger partial charge in [0, 0.05) is 43.5 Å². The Bertz CT molecular complexity index is 920. The van der Waals surface area contributed by atoms with Gasteiger partial charge in [-0.25, -0.2) is 8.42 Å². The number of aliphatic imine (C=N–C) groups is 1. The lowest BCUT2D eigenvalue weighted by Crippen LogP contribution is -2.42. The van der Waals surface area contributed by atoms with Crippen LogP contribution in [-0.4, -0.2) is 45.4 Å². The van der Waals surface area contributed by atoms with Gasteiger partial charge in [-0.1, -0.05) is 32.0 Å². The van der Waals surface area contributed by atoms with Gasteiger partial charge in [0.2, 0.25) is 10.0 Å². The summed E-state index contributed by atoms with van der Waals surface area (Å²) in [5.74, 6) is 0.725. The van der Waals surface area contributed by atoms with E-state index in [2.05, 4.69) is 47.0 Å².